The number of aliphatic hydroxyl groups is 1. The Morgan fingerprint density at radius 2 is 1.90 bits per heavy atom. The minimum atomic E-state index is -0.243. The van der Waals surface area contributed by atoms with Crippen molar-refractivity contribution in [3.8, 4) is 0 Å². The fourth-order valence-corrected chi connectivity index (χ4v) is 0.587. The van der Waals surface area contributed by atoms with Crippen LogP contribution in [-0.4, -0.2) is 24.3 Å². The van der Waals surface area contributed by atoms with Gasteiger partial charge in [0.25, 0.3) is 0 Å². The molecule has 0 radical (unpaired) electrons. The summed E-state index contributed by atoms with van der Waals surface area (Å²) in [5, 5.41) is 12.6. The number of aliphatic hydroxyl groups excluding tert-OH is 1. The van der Waals surface area contributed by atoms with Gasteiger partial charge in [-0.1, -0.05) is 27.7 Å². The van der Waals surface area contributed by atoms with Gasteiger partial charge < -0.3 is 10.4 Å². The van der Waals surface area contributed by atoms with E-state index in [2.05, 4.69) is 5.32 Å². The van der Waals surface area contributed by atoms with E-state index in [9.17, 15) is 5.11 Å². The van der Waals surface area contributed by atoms with Crippen molar-refractivity contribution in [3.63, 3.8) is 0 Å². The van der Waals surface area contributed by atoms with Gasteiger partial charge in [-0.05, 0) is 12.0 Å². The second kappa shape index (κ2) is 3.94. The van der Waals surface area contributed by atoms with Crippen molar-refractivity contribution in [2.24, 2.45) is 5.41 Å². The van der Waals surface area contributed by atoms with Crippen LogP contribution in [0.5, 0.6) is 0 Å². The van der Waals surface area contributed by atoms with Crippen LogP contribution in [0.15, 0.2) is 0 Å². The highest BCUT2D eigenvalue weighted by atomic mass is 16.3. The van der Waals surface area contributed by atoms with Gasteiger partial charge >= 0.3 is 0 Å². The molecular formula is C8H19NO. The molecular weight excluding hydrogens is 126 g/mol. The van der Waals surface area contributed by atoms with Gasteiger partial charge in [0.15, 0.2) is 0 Å². The van der Waals surface area contributed by atoms with Gasteiger partial charge in [-0.3, -0.25) is 0 Å². The predicted molar refractivity (Wildman–Crippen MR) is 44.0 cm³/mol. The van der Waals surface area contributed by atoms with Gasteiger partial charge in [-0.25, -0.2) is 0 Å². The smallest absolute Gasteiger partial charge is 0.0712 e. The van der Waals surface area contributed by atoms with Crippen molar-refractivity contribution in [1.29, 1.82) is 0 Å². The van der Waals surface area contributed by atoms with Gasteiger partial charge in [0.2, 0.25) is 0 Å². The first-order valence-corrected chi connectivity index (χ1v) is 3.87. The topological polar surface area (TPSA) is 32.3 Å². The molecule has 0 spiro atoms. The zero-order valence-electron chi connectivity index (χ0n) is 7.44. The SMILES string of the molecule is CCNCC(O)C(C)(C)C. The number of hydrogen-bond acceptors (Lipinski definition) is 2. The zero-order valence-corrected chi connectivity index (χ0v) is 7.44. The lowest BCUT2D eigenvalue weighted by atomic mass is 9.89. The third-order valence-electron chi connectivity index (χ3n) is 1.59. The number of likely N-dealkylation sites (N-methyl/N-ethyl adjacent to an activating group) is 1. The summed E-state index contributed by atoms with van der Waals surface area (Å²) >= 11 is 0. The number of hydrogen-bond donors (Lipinski definition) is 2. The lowest BCUT2D eigenvalue weighted by Crippen LogP contribution is -2.36. The Bertz CT molecular complexity index is 85.7. The van der Waals surface area contributed by atoms with Crippen LogP contribution in [0.1, 0.15) is 27.7 Å². The quantitative estimate of drug-likeness (QED) is 0.621. The Balaban J connectivity index is 3.52. The molecule has 0 bridgehead atoms. The monoisotopic (exact) mass is 145 g/mol. The first kappa shape index (κ1) is 9.92. The molecule has 0 aromatic heterocycles. The van der Waals surface area contributed by atoms with Crippen LogP contribution in [0.3, 0.4) is 0 Å². The summed E-state index contributed by atoms with van der Waals surface area (Å²) in [7, 11) is 0. The first-order chi connectivity index (χ1) is 4.48. The van der Waals surface area contributed by atoms with Crippen molar-refractivity contribution >= 4 is 0 Å². The summed E-state index contributed by atoms with van der Waals surface area (Å²) in [5.74, 6) is 0. The van der Waals surface area contributed by atoms with Gasteiger partial charge in [-0.15, -0.1) is 0 Å². The summed E-state index contributed by atoms with van der Waals surface area (Å²) in [5.41, 5.74) is 0.00215. The standard InChI is InChI=1S/C8H19NO/c1-5-9-6-7(10)8(2,3)4/h7,9-10H,5-6H2,1-4H3. The second-order valence-corrected chi connectivity index (χ2v) is 3.69. The molecule has 0 aromatic carbocycles. The molecule has 0 aliphatic heterocycles. The van der Waals surface area contributed by atoms with E-state index in [-0.39, 0.29) is 11.5 Å². The molecule has 1 unspecified atom stereocenters. The Kier molecular flexibility index (Phi) is 3.91. The van der Waals surface area contributed by atoms with Crippen molar-refractivity contribution in [2.75, 3.05) is 13.1 Å². The highest BCUT2D eigenvalue weighted by Gasteiger charge is 2.20. The van der Waals surface area contributed by atoms with E-state index in [1.54, 1.807) is 0 Å². The maximum atomic E-state index is 9.45. The second-order valence-electron chi connectivity index (χ2n) is 3.69. The summed E-state index contributed by atoms with van der Waals surface area (Å²) in [6.45, 7) is 9.77. The van der Waals surface area contributed by atoms with Gasteiger partial charge in [-0.2, -0.15) is 0 Å². The van der Waals surface area contributed by atoms with E-state index in [4.69, 9.17) is 0 Å². The number of nitrogens with one attached hydrogen (secondary N) is 1. The first-order valence-electron chi connectivity index (χ1n) is 3.87. The summed E-state index contributed by atoms with van der Waals surface area (Å²) in [6, 6.07) is 0. The normalized spacial score (nSPS) is 15.3. The van der Waals surface area contributed by atoms with E-state index in [0.717, 1.165) is 6.54 Å². The van der Waals surface area contributed by atoms with Crippen LogP contribution < -0.4 is 5.32 Å². The van der Waals surface area contributed by atoms with E-state index in [1.807, 2.05) is 27.7 Å². The van der Waals surface area contributed by atoms with Crippen LogP contribution in [0.4, 0.5) is 0 Å². The van der Waals surface area contributed by atoms with E-state index < -0.39 is 0 Å². The molecule has 0 heterocycles. The van der Waals surface area contributed by atoms with Gasteiger partial charge in [0.05, 0.1) is 6.10 Å². The number of rotatable bonds is 3. The van der Waals surface area contributed by atoms with E-state index >= 15 is 0 Å². The Labute approximate surface area is 63.6 Å². The molecule has 0 saturated heterocycles. The molecule has 62 valence electrons. The van der Waals surface area contributed by atoms with Crippen LogP contribution in [0.25, 0.3) is 0 Å². The molecule has 0 aliphatic rings. The lowest BCUT2D eigenvalue weighted by Gasteiger charge is -2.25. The predicted octanol–water partition coefficient (Wildman–Crippen LogP) is 1.00. The van der Waals surface area contributed by atoms with Crippen LogP contribution in [-0.2, 0) is 0 Å². The van der Waals surface area contributed by atoms with Crippen molar-refractivity contribution in [2.45, 2.75) is 33.8 Å². The fraction of sp³-hybridized carbons (Fsp3) is 1.00. The van der Waals surface area contributed by atoms with Crippen LogP contribution in [0.2, 0.25) is 0 Å². The molecule has 2 N–H and O–H groups in total. The molecule has 0 amide bonds. The van der Waals surface area contributed by atoms with Crippen molar-refractivity contribution < 1.29 is 5.11 Å². The van der Waals surface area contributed by atoms with Crippen molar-refractivity contribution in [3.05, 3.63) is 0 Å². The van der Waals surface area contributed by atoms with Gasteiger partial charge in [0.1, 0.15) is 0 Å². The third-order valence-corrected chi connectivity index (χ3v) is 1.59. The molecule has 0 saturated carbocycles. The maximum absolute atomic E-state index is 9.45. The average Bonchev–Trinajstić information content (AvgIpc) is 1.80. The molecule has 0 aromatic rings. The van der Waals surface area contributed by atoms with Gasteiger partial charge in [0, 0.05) is 6.54 Å². The van der Waals surface area contributed by atoms with Crippen LogP contribution in [0, 0.1) is 5.41 Å². The van der Waals surface area contributed by atoms with Crippen molar-refractivity contribution in [1.82, 2.24) is 5.32 Å². The van der Waals surface area contributed by atoms with Crippen LogP contribution >= 0.6 is 0 Å². The minimum Gasteiger partial charge on any atom is -0.391 e. The van der Waals surface area contributed by atoms with E-state index in [0.29, 0.717) is 6.54 Å². The Morgan fingerprint density at radius 3 is 2.20 bits per heavy atom. The average molecular weight is 145 g/mol. The zero-order chi connectivity index (χ0) is 8.20. The Hall–Kier alpha value is -0.0800. The largest absolute Gasteiger partial charge is 0.391 e. The summed E-state index contributed by atoms with van der Waals surface area (Å²) in [4.78, 5) is 0. The minimum absolute atomic E-state index is 0.00215. The highest BCUT2D eigenvalue weighted by molar-refractivity contribution is 4.73. The maximum Gasteiger partial charge on any atom is 0.0712 e. The molecule has 0 aliphatic carbocycles. The highest BCUT2D eigenvalue weighted by Crippen LogP contribution is 2.17. The molecule has 0 fully saturated rings. The Morgan fingerprint density at radius 1 is 1.40 bits per heavy atom. The molecule has 0 rings (SSSR count). The molecule has 2 nitrogen and oxygen atoms in total. The molecule has 1 atom stereocenters. The fourth-order valence-electron chi connectivity index (χ4n) is 0.587. The molecule has 10 heavy (non-hydrogen) atoms. The molecule has 2 heteroatoms. The third kappa shape index (κ3) is 3.85. The summed E-state index contributed by atoms with van der Waals surface area (Å²) < 4.78 is 0. The summed E-state index contributed by atoms with van der Waals surface area (Å²) in [6.07, 6.45) is -0.243. The lowest BCUT2D eigenvalue weighted by molar-refractivity contribution is 0.0635. The van der Waals surface area contributed by atoms with E-state index in [1.165, 1.54) is 0 Å².